The van der Waals surface area contributed by atoms with Crippen LogP contribution in [0.15, 0.2) is 72.8 Å². The molecule has 120 valence electrons. The Kier molecular flexibility index (Phi) is 5.04. The van der Waals surface area contributed by atoms with Gasteiger partial charge >= 0.3 is 0 Å². The smallest absolute Gasteiger partial charge is 0.257 e. The lowest BCUT2D eigenvalue weighted by Gasteiger charge is -2.12. The molecule has 0 aliphatic rings. The summed E-state index contributed by atoms with van der Waals surface area (Å²) in [5.74, 6) is -0.243. The first kappa shape index (κ1) is 16.4. The van der Waals surface area contributed by atoms with Gasteiger partial charge in [-0.3, -0.25) is 4.79 Å². The van der Waals surface area contributed by atoms with Crippen LogP contribution in [0.2, 0.25) is 10.0 Å². The van der Waals surface area contributed by atoms with E-state index in [-0.39, 0.29) is 5.91 Å². The van der Waals surface area contributed by atoms with Gasteiger partial charge in [0.15, 0.2) is 0 Å². The predicted octanol–water partition coefficient (Wildman–Crippen LogP) is 5.99. The van der Waals surface area contributed by atoms with E-state index < -0.39 is 0 Å². The number of nitrogens with one attached hydrogen (secondary N) is 2. The molecule has 0 spiro atoms. The fourth-order valence-electron chi connectivity index (χ4n) is 2.29. The third kappa shape index (κ3) is 4.07. The number of hydrogen-bond donors (Lipinski definition) is 2. The number of amides is 1. The minimum absolute atomic E-state index is 0.243. The molecule has 0 atom stereocenters. The molecule has 0 aromatic heterocycles. The van der Waals surface area contributed by atoms with Crippen LogP contribution in [0, 0.1) is 0 Å². The molecule has 0 unspecified atom stereocenters. The molecule has 2 N–H and O–H groups in total. The quantitative estimate of drug-likeness (QED) is 0.602. The second kappa shape index (κ2) is 7.39. The Bertz CT molecular complexity index is 846. The first-order chi connectivity index (χ1) is 11.6. The van der Waals surface area contributed by atoms with Crippen LogP contribution in [0.25, 0.3) is 0 Å². The van der Waals surface area contributed by atoms with Crippen molar-refractivity contribution in [1.29, 1.82) is 0 Å². The van der Waals surface area contributed by atoms with E-state index in [4.69, 9.17) is 23.2 Å². The molecule has 0 aliphatic heterocycles. The second-order valence-electron chi connectivity index (χ2n) is 5.15. The van der Waals surface area contributed by atoms with Crippen molar-refractivity contribution in [2.45, 2.75) is 0 Å². The van der Waals surface area contributed by atoms with Crippen LogP contribution in [0.1, 0.15) is 10.4 Å². The highest BCUT2D eigenvalue weighted by molar-refractivity contribution is 6.35. The van der Waals surface area contributed by atoms with E-state index in [1.165, 1.54) is 0 Å². The van der Waals surface area contributed by atoms with Gasteiger partial charge in [-0.05, 0) is 42.5 Å². The molecule has 0 saturated carbocycles. The summed E-state index contributed by atoms with van der Waals surface area (Å²) in [6, 6.07) is 21.9. The predicted molar refractivity (Wildman–Crippen MR) is 101 cm³/mol. The molecule has 0 radical (unpaired) electrons. The Hall–Kier alpha value is -2.49. The maximum atomic E-state index is 12.6. The molecule has 3 nitrogen and oxygen atoms in total. The highest BCUT2D eigenvalue weighted by Gasteiger charge is 2.12. The fourth-order valence-corrected chi connectivity index (χ4v) is 2.82. The van der Waals surface area contributed by atoms with Crippen molar-refractivity contribution in [3.8, 4) is 0 Å². The number of carbonyl (C=O) groups is 1. The normalized spacial score (nSPS) is 10.2. The van der Waals surface area contributed by atoms with Crippen molar-refractivity contribution in [1.82, 2.24) is 0 Å². The maximum absolute atomic E-state index is 12.6. The zero-order chi connectivity index (χ0) is 16.9. The van der Waals surface area contributed by atoms with Crippen molar-refractivity contribution in [2.75, 3.05) is 10.6 Å². The van der Waals surface area contributed by atoms with Crippen molar-refractivity contribution in [3.63, 3.8) is 0 Å². The van der Waals surface area contributed by atoms with Crippen LogP contribution in [0.4, 0.5) is 17.1 Å². The number of benzene rings is 3. The SMILES string of the molecule is O=C(Nc1cc(Cl)cc(Cl)c1)c1ccccc1Nc1ccccc1. The first-order valence-corrected chi connectivity index (χ1v) is 8.06. The molecule has 3 aromatic rings. The van der Waals surface area contributed by atoms with Crippen LogP contribution < -0.4 is 10.6 Å². The van der Waals surface area contributed by atoms with Crippen LogP contribution >= 0.6 is 23.2 Å². The standard InChI is InChI=1S/C19H14Cl2N2O/c20-13-10-14(21)12-16(11-13)23-19(24)17-8-4-5-9-18(17)22-15-6-2-1-3-7-15/h1-12,22H,(H,23,24). The third-order valence-corrected chi connectivity index (χ3v) is 3.78. The highest BCUT2D eigenvalue weighted by atomic mass is 35.5. The molecule has 0 fully saturated rings. The molecule has 1 amide bonds. The Morgan fingerprint density at radius 3 is 2.08 bits per heavy atom. The zero-order valence-corrected chi connectivity index (χ0v) is 14.1. The van der Waals surface area contributed by atoms with Gasteiger partial charge in [-0.15, -0.1) is 0 Å². The van der Waals surface area contributed by atoms with Gasteiger partial charge in [-0.2, -0.15) is 0 Å². The number of halogens is 2. The number of carbonyl (C=O) groups excluding carboxylic acids is 1. The van der Waals surface area contributed by atoms with Crippen molar-refractivity contribution >= 4 is 46.2 Å². The van der Waals surface area contributed by atoms with Crippen molar-refractivity contribution < 1.29 is 4.79 Å². The number of hydrogen-bond acceptors (Lipinski definition) is 2. The van der Waals surface area contributed by atoms with E-state index in [9.17, 15) is 4.79 Å². The van der Waals surface area contributed by atoms with Gasteiger partial charge in [0.2, 0.25) is 0 Å². The summed E-state index contributed by atoms with van der Waals surface area (Å²) >= 11 is 11.9. The molecular formula is C19H14Cl2N2O. The van der Waals surface area contributed by atoms with Crippen molar-refractivity contribution in [3.05, 3.63) is 88.4 Å². The van der Waals surface area contributed by atoms with E-state index >= 15 is 0 Å². The number of para-hydroxylation sites is 2. The highest BCUT2D eigenvalue weighted by Crippen LogP contribution is 2.25. The lowest BCUT2D eigenvalue weighted by atomic mass is 10.1. The Balaban J connectivity index is 1.85. The van der Waals surface area contributed by atoms with Crippen LogP contribution in [0.3, 0.4) is 0 Å². The molecule has 0 saturated heterocycles. The second-order valence-corrected chi connectivity index (χ2v) is 6.02. The van der Waals surface area contributed by atoms with Gasteiger partial charge in [0.25, 0.3) is 5.91 Å². The Morgan fingerprint density at radius 2 is 1.38 bits per heavy atom. The summed E-state index contributed by atoms with van der Waals surface area (Å²) < 4.78 is 0. The molecule has 0 heterocycles. The van der Waals surface area contributed by atoms with Crippen LogP contribution in [-0.2, 0) is 0 Å². The molecule has 0 bridgehead atoms. The summed E-state index contributed by atoms with van der Waals surface area (Å²) in [7, 11) is 0. The van der Waals surface area contributed by atoms with Gasteiger partial charge in [0.05, 0.1) is 11.3 Å². The Labute approximate surface area is 150 Å². The molecule has 5 heteroatoms. The van der Waals surface area contributed by atoms with Crippen LogP contribution in [-0.4, -0.2) is 5.91 Å². The molecule has 0 aliphatic carbocycles. The monoisotopic (exact) mass is 356 g/mol. The van der Waals surface area contributed by atoms with Gasteiger partial charge in [0, 0.05) is 21.4 Å². The summed E-state index contributed by atoms with van der Waals surface area (Å²) in [4.78, 5) is 12.6. The van der Waals surface area contributed by atoms with Gasteiger partial charge in [-0.1, -0.05) is 53.5 Å². The lowest BCUT2D eigenvalue weighted by Crippen LogP contribution is -2.13. The lowest BCUT2D eigenvalue weighted by molar-refractivity contribution is 0.102. The summed E-state index contributed by atoms with van der Waals surface area (Å²) in [5.41, 5.74) is 2.70. The summed E-state index contributed by atoms with van der Waals surface area (Å²) in [6.45, 7) is 0. The van der Waals surface area contributed by atoms with E-state index in [0.717, 1.165) is 5.69 Å². The minimum atomic E-state index is -0.243. The first-order valence-electron chi connectivity index (χ1n) is 7.30. The average Bonchev–Trinajstić information content (AvgIpc) is 2.55. The van der Waals surface area contributed by atoms with Crippen LogP contribution in [0.5, 0.6) is 0 Å². The topological polar surface area (TPSA) is 41.1 Å². The minimum Gasteiger partial charge on any atom is -0.355 e. The largest absolute Gasteiger partial charge is 0.355 e. The zero-order valence-electron chi connectivity index (χ0n) is 12.6. The van der Waals surface area contributed by atoms with Gasteiger partial charge in [-0.25, -0.2) is 0 Å². The number of anilines is 3. The molecular weight excluding hydrogens is 343 g/mol. The van der Waals surface area contributed by atoms with Gasteiger partial charge in [0.1, 0.15) is 0 Å². The third-order valence-electron chi connectivity index (χ3n) is 3.34. The van der Waals surface area contributed by atoms with Gasteiger partial charge < -0.3 is 10.6 Å². The summed E-state index contributed by atoms with van der Waals surface area (Å²) in [6.07, 6.45) is 0. The van der Waals surface area contributed by atoms with E-state index in [1.54, 1.807) is 24.3 Å². The molecule has 3 rings (SSSR count). The average molecular weight is 357 g/mol. The van der Waals surface area contributed by atoms with E-state index in [0.29, 0.717) is 27.0 Å². The van der Waals surface area contributed by atoms with E-state index in [2.05, 4.69) is 10.6 Å². The molecule has 3 aromatic carbocycles. The van der Waals surface area contributed by atoms with E-state index in [1.807, 2.05) is 48.5 Å². The fraction of sp³-hybridized carbons (Fsp3) is 0. The molecule has 24 heavy (non-hydrogen) atoms. The van der Waals surface area contributed by atoms with Crippen molar-refractivity contribution in [2.24, 2.45) is 0 Å². The summed E-state index contributed by atoms with van der Waals surface area (Å²) in [5, 5.41) is 7.00. The number of rotatable bonds is 4. The Morgan fingerprint density at radius 1 is 0.750 bits per heavy atom. The maximum Gasteiger partial charge on any atom is 0.257 e.